The minimum absolute atomic E-state index is 0.169. The number of methoxy groups -OCH3 is 1. The Morgan fingerprint density at radius 3 is 2.39 bits per heavy atom. The minimum atomic E-state index is 0.169. The predicted octanol–water partition coefficient (Wildman–Crippen LogP) is 3.84. The van der Waals surface area contributed by atoms with Crippen LogP contribution in [-0.2, 0) is 5.41 Å². The van der Waals surface area contributed by atoms with E-state index >= 15 is 0 Å². The molecular formula is C16H27NO. The Kier molecular flexibility index (Phi) is 5.21. The lowest BCUT2D eigenvalue weighted by atomic mass is 9.83. The van der Waals surface area contributed by atoms with E-state index in [0.29, 0.717) is 5.92 Å². The van der Waals surface area contributed by atoms with Crippen molar-refractivity contribution in [3.63, 3.8) is 0 Å². The van der Waals surface area contributed by atoms with Crippen molar-refractivity contribution in [1.29, 1.82) is 0 Å². The Bertz CT molecular complexity index is 379. The molecule has 0 heterocycles. The third-order valence-electron chi connectivity index (χ3n) is 3.54. The Morgan fingerprint density at radius 1 is 1.28 bits per heavy atom. The van der Waals surface area contributed by atoms with E-state index in [9.17, 15) is 0 Å². The van der Waals surface area contributed by atoms with Crippen molar-refractivity contribution in [2.75, 3.05) is 13.7 Å². The highest BCUT2D eigenvalue weighted by atomic mass is 16.5. The zero-order valence-electron chi connectivity index (χ0n) is 12.4. The van der Waals surface area contributed by atoms with Gasteiger partial charge < -0.3 is 10.5 Å². The topological polar surface area (TPSA) is 35.2 Å². The van der Waals surface area contributed by atoms with Crippen LogP contribution in [0.1, 0.15) is 57.6 Å². The van der Waals surface area contributed by atoms with Crippen LogP contribution in [-0.4, -0.2) is 13.7 Å². The molecule has 2 heteroatoms. The van der Waals surface area contributed by atoms with E-state index in [1.807, 2.05) is 0 Å². The van der Waals surface area contributed by atoms with Gasteiger partial charge in [0.15, 0.2) is 0 Å². The average Bonchev–Trinajstić information content (AvgIpc) is 2.34. The van der Waals surface area contributed by atoms with E-state index in [-0.39, 0.29) is 5.41 Å². The van der Waals surface area contributed by atoms with Gasteiger partial charge in [0, 0.05) is 0 Å². The summed E-state index contributed by atoms with van der Waals surface area (Å²) in [4.78, 5) is 0. The Labute approximate surface area is 112 Å². The first-order valence-electron chi connectivity index (χ1n) is 6.82. The van der Waals surface area contributed by atoms with E-state index in [2.05, 4.69) is 45.9 Å². The van der Waals surface area contributed by atoms with E-state index in [1.165, 1.54) is 11.1 Å². The fourth-order valence-electron chi connectivity index (χ4n) is 2.30. The molecule has 2 N–H and O–H groups in total. The van der Waals surface area contributed by atoms with Gasteiger partial charge in [0.05, 0.1) is 7.11 Å². The van der Waals surface area contributed by atoms with Crippen LogP contribution in [0.2, 0.25) is 0 Å². The molecule has 0 saturated carbocycles. The van der Waals surface area contributed by atoms with Crippen molar-refractivity contribution in [3.8, 4) is 5.75 Å². The van der Waals surface area contributed by atoms with Gasteiger partial charge in [0.2, 0.25) is 0 Å². The van der Waals surface area contributed by atoms with Crippen LogP contribution in [0.3, 0.4) is 0 Å². The number of hydrogen-bond donors (Lipinski definition) is 1. The third-order valence-corrected chi connectivity index (χ3v) is 3.54. The zero-order chi connectivity index (χ0) is 13.8. The molecular weight excluding hydrogens is 222 g/mol. The van der Waals surface area contributed by atoms with Gasteiger partial charge in [-0.1, -0.05) is 39.8 Å². The summed E-state index contributed by atoms with van der Waals surface area (Å²) in [6.07, 6.45) is 2.11. The summed E-state index contributed by atoms with van der Waals surface area (Å²) in [6, 6.07) is 6.55. The van der Waals surface area contributed by atoms with Crippen LogP contribution in [0, 0.1) is 0 Å². The van der Waals surface area contributed by atoms with Gasteiger partial charge in [-0.3, -0.25) is 0 Å². The molecule has 0 fully saturated rings. The Morgan fingerprint density at radius 2 is 1.94 bits per heavy atom. The van der Waals surface area contributed by atoms with Gasteiger partial charge in [-0.05, 0) is 47.9 Å². The molecule has 0 amide bonds. The van der Waals surface area contributed by atoms with Gasteiger partial charge in [0.25, 0.3) is 0 Å². The highest BCUT2D eigenvalue weighted by Crippen LogP contribution is 2.35. The van der Waals surface area contributed by atoms with E-state index in [4.69, 9.17) is 10.5 Å². The predicted molar refractivity (Wildman–Crippen MR) is 78.4 cm³/mol. The Hall–Kier alpha value is -1.02. The maximum absolute atomic E-state index is 5.72. The molecule has 0 bridgehead atoms. The highest BCUT2D eigenvalue weighted by molar-refractivity contribution is 5.41. The Balaban J connectivity index is 3.20. The van der Waals surface area contributed by atoms with Crippen molar-refractivity contribution in [2.24, 2.45) is 5.73 Å². The summed E-state index contributed by atoms with van der Waals surface area (Å²) < 4.78 is 5.50. The molecule has 0 saturated heterocycles. The molecule has 0 spiro atoms. The molecule has 0 aromatic heterocycles. The molecule has 1 aromatic rings. The second kappa shape index (κ2) is 6.24. The first-order chi connectivity index (χ1) is 8.43. The molecule has 1 atom stereocenters. The number of hydrogen-bond acceptors (Lipinski definition) is 2. The van der Waals surface area contributed by atoms with Gasteiger partial charge in [-0.15, -0.1) is 0 Å². The summed E-state index contributed by atoms with van der Waals surface area (Å²) >= 11 is 0. The number of ether oxygens (including phenoxy) is 1. The summed E-state index contributed by atoms with van der Waals surface area (Å²) in [5.74, 6) is 1.48. The van der Waals surface area contributed by atoms with Crippen LogP contribution >= 0.6 is 0 Å². The molecule has 1 aromatic carbocycles. The summed E-state index contributed by atoms with van der Waals surface area (Å²) in [5, 5.41) is 0. The smallest absolute Gasteiger partial charge is 0.122 e. The first kappa shape index (κ1) is 15.0. The number of rotatable bonds is 5. The average molecular weight is 249 g/mol. The summed E-state index contributed by atoms with van der Waals surface area (Å²) in [6.45, 7) is 9.65. The lowest BCUT2D eigenvalue weighted by Crippen LogP contribution is -2.13. The van der Waals surface area contributed by atoms with Crippen molar-refractivity contribution in [1.82, 2.24) is 0 Å². The highest BCUT2D eigenvalue weighted by Gasteiger charge is 2.19. The maximum Gasteiger partial charge on any atom is 0.122 e. The van der Waals surface area contributed by atoms with Gasteiger partial charge in [-0.2, -0.15) is 0 Å². The fraction of sp³-hybridized carbons (Fsp3) is 0.625. The van der Waals surface area contributed by atoms with Crippen LogP contribution in [0.15, 0.2) is 18.2 Å². The van der Waals surface area contributed by atoms with Gasteiger partial charge >= 0.3 is 0 Å². The lowest BCUT2D eigenvalue weighted by molar-refractivity contribution is 0.402. The minimum Gasteiger partial charge on any atom is -0.496 e. The molecule has 0 radical (unpaired) electrons. The largest absolute Gasteiger partial charge is 0.496 e. The lowest BCUT2D eigenvalue weighted by Gasteiger charge is -2.24. The molecule has 0 aliphatic rings. The molecule has 102 valence electrons. The van der Waals surface area contributed by atoms with Crippen LogP contribution in [0.25, 0.3) is 0 Å². The fourth-order valence-corrected chi connectivity index (χ4v) is 2.30. The van der Waals surface area contributed by atoms with E-state index in [1.54, 1.807) is 7.11 Å². The SMILES string of the molecule is CCC(CCN)c1cc(C(C)(C)C)ccc1OC. The molecule has 0 aliphatic heterocycles. The van der Waals surface area contributed by atoms with Crippen molar-refractivity contribution >= 4 is 0 Å². The molecule has 1 unspecified atom stereocenters. The molecule has 18 heavy (non-hydrogen) atoms. The van der Waals surface area contributed by atoms with Crippen molar-refractivity contribution in [3.05, 3.63) is 29.3 Å². The van der Waals surface area contributed by atoms with Crippen molar-refractivity contribution < 1.29 is 4.74 Å². The molecule has 0 aliphatic carbocycles. The second-order valence-corrected chi connectivity index (χ2v) is 5.89. The maximum atomic E-state index is 5.72. The van der Waals surface area contributed by atoms with E-state index < -0.39 is 0 Å². The summed E-state index contributed by atoms with van der Waals surface area (Å²) in [5.41, 5.74) is 8.54. The number of nitrogens with two attached hydrogens (primary N) is 1. The second-order valence-electron chi connectivity index (χ2n) is 5.89. The van der Waals surface area contributed by atoms with Gasteiger partial charge in [-0.25, -0.2) is 0 Å². The standard InChI is InChI=1S/C16H27NO/c1-6-12(9-10-17)14-11-13(16(2,3)4)7-8-15(14)18-5/h7-8,11-12H,6,9-10,17H2,1-5H3. The molecule has 1 rings (SSSR count). The third kappa shape index (κ3) is 3.49. The van der Waals surface area contributed by atoms with Crippen LogP contribution in [0.5, 0.6) is 5.75 Å². The summed E-state index contributed by atoms with van der Waals surface area (Å²) in [7, 11) is 1.74. The molecule has 2 nitrogen and oxygen atoms in total. The van der Waals surface area contributed by atoms with Crippen LogP contribution in [0.4, 0.5) is 0 Å². The van der Waals surface area contributed by atoms with Crippen LogP contribution < -0.4 is 10.5 Å². The zero-order valence-corrected chi connectivity index (χ0v) is 12.4. The van der Waals surface area contributed by atoms with E-state index in [0.717, 1.165) is 25.1 Å². The quantitative estimate of drug-likeness (QED) is 0.860. The van der Waals surface area contributed by atoms with Gasteiger partial charge in [0.1, 0.15) is 5.75 Å². The monoisotopic (exact) mass is 249 g/mol. The van der Waals surface area contributed by atoms with Crippen molar-refractivity contribution in [2.45, 2.75) is 51.9 Å². The first-order valence-corrected chi connectivity index (χ1v) is 6.82. The number of benzene rings is 1. The normalized spacial score (nSPS) is 13.4.